The maximum absolute atomic E-state index is 2.39. The summed E-state index contributed by atoms with van der Waals surface area (Å²) < 4.78 is 4.76. The third-order valence-corrected chi connectivity index (χ3v) is 16.0. The second-order valence-corrected chi connectivity index (χ2v) is 21.0. The topological polar surface area (TPSA) is 22.8 Å². The molecule has 0 N–H and O–H groups in total. The third-order valence-electron chi connectivity index (χ3n) is 16.0. The van der Waals surface area contributed by atoms with Gasteiger partial charge in [-0.15, -0.1) is 0 Å². The Morgan fingerprint density at radius 1 is 0.155 bits per heavy atom. The van der Waals surface area contributed by atoms with E-state index in [0.29, 0.717) is 0 Å². The zero-order valence-electron chi connectivity index (χ0n) is 46.0. The summed E-state index contributed by atoms with van der Waals surface area (Å²) in [5.74, 6) is 0. The molecule has 0 fully saturated rings. The molecule has 0 aliphatic rings. The quantitative estimate of drug-likeness (QED) is 0.108. The lowest BCUT2D eigenvalue weighted by atomic mass is 10.1. The van der Waals surface area contributed by atoms with E-state index < -0.39 is 0 Å². The molecule has 15 rings (SSSR count). The average molecular weight is 1080 g/mol. The number of aromatic nitrogens is 2. The van der Waals surface area contributed by atoms with E-state index in [1.807, 2.05) is 0 Å². The Hall–Kier alpha value is -11.3. The highest BCUT2D eigenvalue weighted by Gasteiger charge is 2.23. The van der Waals surface area contributed by atoms with Crippen molar-refractivity contribution in [3.8, 4) is 11.4 Å². The van der Waals surface area contributed by atoms with E-state index in [0.717, 1.165) is 90.7 Å². The monoisotopic (exact) mass is 1080 g/mol. The normalized spacial score (nSPS) is 11.3. The number of anilines is 12. The summed E-state index contributed by atoms with van der Waals surface area (Å²) in [6.45, 7) is 0. The lowest BCUT2D eigenvalue weighted by Crippen LogP contribution is -2.13. The van der Waals surface area contributed by atoms with Gasteiger partial charge in [0, 0.05) is 101 Å². The molecule has 6 nitrogen and oxygen atoms in total. The van der Waals surface area contributed by atoms with Crippen LogP contribution < -0.4 is 19.6 Å². The summed E-state index contributed by atoms with van der Waals surface area (Å²) in [7, 11) is 0. The van der Waals surface area contributed by atoms with Crippen LogP contribution in [0.4, 0.5) is 68.2 Å². The van der Waals surface area contributed by atoms with Crippen molar-refractivity contribution in [2.24, 2.45) is 0 Å². The molecule has 0 saturated heterocycles. The average Bonchev–Trinajstić information content (AvgIpc) is 4.32. The number of para-hydroxylation sites is 8. The lowest BCUT2D eigenvalue weighted by Gasteiger charge is -2.30. The Bertz CT molecular complexity index is 4350. The number of nitrogens with zero attached hydrogens (tertiary/aromatic N) is 6. The molecular weight excluding hydrogens is 1020 g/mol. The van der Waals surface area contributed by atoms with Crippen molar-refractivity contribution < 1.29 is 0 Å². The molecule has 0 radical (unpaired) electrons. The van der Waals surface area contributed by atoms with E-state index in [4.69, 9.17) is 0 Å². The van der Waals surface area contributed by atoms with Gasteiger partial charge in [0.1, 0.15) is 0 Å². The van der Waals surface area contributed by atoms with E-state index in [9.17, 15) is 0 Å². The fraction of sp³-hybridized carbons (Fsp3) is 0. The van der Waals surface area contributed by atoms with Gasteiger partial charge in [0.25, 0.3) is 0 Å². The van der Waals surface area contributed by atoms with Crippen molar-refractivity contribution in [2.75, 3.05) is 19.6 Å². The Labute approximate surface area is 489 Å². The molecule has 0 aliphatic heterocycles. The minimum Gasteiger partial charge on any atom is -0.311 e. The maximum Gasteiger partial charge on any atom is 0.0542 e. The van der Waals surface area contributed by atoms with Gasteiger partial charge in [0.2, 0.25) is 0 Å². The van der Waals surface area contributed by atoms with Crippen LogP contribution in [0.3, 0.4) is 0 Å². The third kappa shape index (κ3) is 9.05. The minimum absolute atomic E-state index is 1.03. The first-order chi connectivity index (χ1) is 41.7. The van der Waals surface area contributed by atoms with Crippen LogP contribution in [0, 0.1) is 0 Å². The Morgan fingerprint density at radius 2 is 0.357 bits per heavy atom. The maximum atomic E-state index is 2.39. The van der Waals surface area contributed by atoms with E-state index in [2.05, 4.69) is 368 Å². The first-order valence-corrected chi connectivity index (χ1v) is 28.6. The molecule has 0 amide bonds. The molecule has 84 heavy (non-hydrogen) atoms. The Balaban J connectivity index is 0.886. The number of hydrogen-bond acceptors (Lipinski definition) is 4. The van der Waals surface area contributed by atoms with Crippen LogP contribution in [-0.4, -0.2) is 9.13 Å². The molecular formula is C78H56N6. The molecule has 15 aromatic rings. The van der Waals surface area contributed by atoms with Gasteiger partial charge in [-0.2, -0.15) is 0 Å². The number of hydrogen-bond donors (Lipinski definition) is 0. The summed E-state index contributed by atoms with van der Waals surface area (Å²) >= 11 is 0. The molecule has 6 heteroatoms. The Kier molecular flexibility index (Phi) is 12.8. The predicted molar refractivity (Wildman–Crippen MR) is 354 cm³/mol. The van der Waals surface area contributed by atoms with Gasteiger partial charge in [-0.05, 0) is 194 Å². The van der Waals surface area contributed by atoms with E-state index in [-0.39, 0.29) is 0 Å². The molecule has 13 aromatic carbocycles. The van der Waals surface area contributed by atoms with Crippen LogP contribution >= 0.6 is 0 Å². The zero-order chi connectivity index (χ0) is 55.8. The van der Waals surface area contributed by atoms with Crippen molar-refractivity contribution in [2.45, 2.75) is 0 Å². The van der Waals surface area contributed by atoms with Crippen molar-refractivity contribution in [1.29, 1.82) is 0 Å². The molecule has 398 valence electrons. The van der Waals surface area contributed by atoms with E-state index >= 15 is 0 Å². The summed E-state index contributed by atoms with van der Waals surface area (Å²) in [5.41, 5.74) is 19.6. The van der Waals surface area contributed by atoms with Crippen LogP contribution in [0.25, 0.3) is 55.0 Å². The molecule has 0 bridgehead atoms. The minimum atomic E-state index is 1.03. The smallest absolute Gasteiger partial charge is 0.0542 e. The summed E-state index contributed by atoms with van der Waals surface area (Å²) in [4.78, 5) is 9.41. The highest BCUT2D eigenvalue weighted by atomic mass is 15.2. The number of benzene rings is 13. The van der Waals surface area contributed by atoms with Crippen LogP contribution in [0.1, 0.15) is 0 Å². The largest absolute Gasteiger partial charge is 0.311 e. The van der Waals surface area contributed by atoms with Gasteiger partial charge >= 0.3 is 0 Å². The van der Waals surface area contributed by atoms with Crippen LogP contribution in [0.5, 0.6) is 0 Å². The van der Waals surface area contributed by atoms with Gasteiger partial charge in [-0.3, -0.25) is 0 Å². The van der Waals surface area contributed by atoms with Gasteiger partial charge in [-0.25, -0.2) is 0 Å². The zero-order valence-corrected chi connectivity index (χ0v) is 46.0. The van der Waals surface area contributed by atoms with Gasteiger partial charge in [0.05, 0.1) is 22.1 Å². The van der Waals surface area contributed by atoms with E-state index in [1.165, 1.54) is 32.6 Å². The van der Waals surface area contributed by atoms with Crippen molar-refractivity contribution in [3.63, 3.8) is 0 Å². The first kappa shape index (κ1) is 49.7. The second kappa shape index (κ2) is 21.6. The molecule has 0 spiro atoms. The van der Waals surface area contributed by atoms with Crippen molar-refractivity contribution in [1.82, 2.24) is 9.13 Å². The van der Waals surface area contributed by atoms with Gasteiger partial charge in [-0.1, -0.05) is 146 Å². The van der Waals surface area contributed by atoms with Crippen molar-refractivity contribution in [3.05, 3.63) is 340 Å². The fourth-order valence-corrected chi connectivity index (χ4v) is 12.3. The number of fused-ring (bicyclic) bond motifs is 6. The lowest BCUT2D eigenvalue weighted by molar-refractivity contribution is 1.18. The van der Waals surface area contributed by atoms with Crippen LogP contribution in [0.2, 0.25) is 0 Å². The highest BCUT2D eigenvalue weighted by Crippen LogP contribution is 2.46. The van der Waals surface area contributed by atoms with Crippen molar-refractivity contribution >= 4 is 112 Å². The Morgan fingerprint density at radius 3 is 0.643 bits per heavy atom. The molecule has 2 aromatic heterocycles. The molecule has 2 heterocycles. The highest BCUT2D eigenvalue weighted by molar-refractivity contribution is 6.12. The first-order valence-electron chi connectivity index (χ1n) is 28.6. The molecule has 0 unspecified atom stereocenters. The standard InChI is InChI=1S/C78H56N6/c1-7-23-57(24-8-1)79(58-25-9-2-10-26-58)63-39-43-65(44-40-63)81(69-51-53-77-73(55-69)71-35-19-21-37-75(71)83(77)61-31-15-5-16-32-61)67-47-49-68(50-48-67)82(66-45-41-64(42-46-66)80(59-27-11-3-12-28-59)60-29-13-4-14-30-60)70-52-54-78-74(56-70)72-36-20-22-38-76(72)84(78)62-33-17-6-18-34-62/h1-56H. The van der Waals surface area contributed by atoms with Crippen LogP contribution in [0.15, 0.2) is 340 Å². The summed E-state index contributed by atoms with van der Waals surface area (Å²) in [6, 6.07) is 122. The fourth-order valence-electron chi connectivity index (χ4n) is 12.3. The van der Waals surface area contributed by atoms with E-state index in [1.54, 1.807) is 0 Å². The second-order valence-electron chi connectivity index (χ2n) is 21.0. The summed E-state index contributed by atoms with van der Waals surface area (Å²) in [6.07, 6.45) is 0. The summed E-state index contributed by atoms with van der Waals surface area (Å²) in [5, 5.41) is 4.76. The van der Waals surface area contributed by atoms with Gasteiger partial charge in [0.15, 0.2) is 0 Å². The molecule has 0 aliphatic carbocycles. The predicted octanol–water partition coefficient (Wildman–Crippen LogP) is 21.8. The SMILES string of the molecule is c1ccc(N(c2ccccc2)c2ccc(N(c3ccc(N(c4ccc(N(c5ccccc5)c5ccccc5)cc4)c4ccc5c(c4)c4ccccc4n5-c4ccccc4)cc3)c3ccc4c(c3)c3ccccc3n4-c3ccccc3)cc2)cc1. The number of rotatable bonds is 14. The van der Waals surface area contributed by atoms with Crippen LogP contribution in [-0.2, 0) is 0 Å². The van der Waals surface area contributed by atoms with Gasteiger partial charge < -0.3 is 28.7 Å². The molecule has 0 saturated carbocycles. The molecule has 0 atom stereocenters.